The Kier molecular flexibility index (Phi) is 2.78. The Balaban J connectivity index is 2.52. The van der Waals surface area contributed by atoms with Crippen LogP contribution in [-0.4, -0.2) is 38.8 Å². The topological polar surface area (TPSA) is 77.9 Å². The predicted molar refractivity (Wildman–Crippen MR) is 55.8 cm³/mol. The summed E-state index contributed by atoms with van der Waals surface area (Å²) in [4.78, 5) is 8.67. The standard InChI is InChI=1S/C9H10N2O4S/c1-16(12,13)9-7(3-2-4-10-9)8-11-15-6-5-14-8/h2-4H,5-6H2,1H3. The van der Waals surface area contributed by atoms with Crippen molar-refractivity contribution in [1.29, 1.82) is 0 Å². The molecule has 1 aromatic rings. The first-order valence-corrected chi connectivity index (χ1v) is 6.46. The van der Waals surface area contributed by atoms with Gasteiger partial charge in [0.1, 0.15) is 6.61 Å². The zero-order chi connectivity index (χ0) is 11.6. The van der Waals surface area contributed by atoms with E-state index < -0.39 is 9.84 Å². The van der Waals surface area contributed by atoms with Crippen LogP contribution in [0.1, 0.15) is 5.56 Å². The summed E-state index contributed by atoms with van der Waals surface area (Å²) in [6.45, 7) is 0.703. The zero-order valence-electron chi connectivity index (χ0n) is 8.58. The number of nitrogens with zero attached hydrogens (tertiary/aromatic N) is 2. The molecule has 16 heavy (non-hydrogen) atoms. The number of hydrogen-bond acceptors (Lipinski definition) is 6. The molecule has 0 unspecified atom stereocenters. The molecular formula is C9H10N2O4S. The Hall–Kier alpha value is -1.63. The summed E-state index contributed by atoms with van der Waals surface area (Å²) in [5.74, 6) is 0.153. The molecule has 2 heterocycles. The van der Waals surface area contributed by atoms with Gasteiger partial charge in [0.15, 0.2) is 21.5 Å². The maximum atomic E-state index is 11.5. The van der Waals surface area contributed by atoms with Crippen molar-refractivity contribution in [3.05, 3.63) is 23.9 Å². The van der Waals surface area contributed by atoms with Crippen molar-refractivity contribution >= 4 is 15.7 Å². The Labute approximate surface area is 92.8 Å². The van der Waals surface area contributed by atoms with Gasteiger partial charge in [-0.3, -0.25) is 0 Å². The summed E-state index contributed by atoms with van der Waals surface area (Å²) in [5.41, 5.74) is 0.324. The molecule has 2 rings (SSSR count). The lowest BCUT2D eigenvalue weighted by Crippen LogP contribution is -2.20. The fourth-order valence-corrected chi connectivity index (χ4v) is 2.09. The van der Waals surface area contributed by atoms with Crippen molar-refractivity contribution in [3.8, 4) is 0 Å². The van der Waals surface area contributed by atoms with Gasteiger partial charge in [0.2, 0.25) is 0 Å². The molecule has 0 radical (unpaired) electrons. The van der Waals surface area contributed by atoms with E-state index in [9.17, 15) is 8.42 Å². The highest BCUT2D eigenvalue weighted by atomic mass is 32.2. The van der Waals surface area contributed by atoms with Crippen molar-refractivity contribution in [2.45, 2.75) is 5.03 Å². The van der Waals surface area contributed by atoms with Crippen molar-refractivity contribution in [3.63, 3.8) is 0 Å². The number of sulfone groups is 1. The minimum atomic E-state index is -3.41. The SMILES string of the molecule is CS(=O)(=O)c1ncccc1C1=NOCCO1. The van der Waals surface area contributed by atoms with Gasteiger partial charge in [-0.1, -0.05) is 0 Å². The van der Waals surface area contributed by atoms with Crippen LogP contribution in [0.3, 0.4) is 0 Å². The fourth-order valence-electron chi connectivity index (χ4n) is 1.28. The third-order valence-electron chi connectivity index (χ3n) is 1.91. The summed E-state index contributed by atoms with van der Waals surface area (Å²) in [5, 5.41) is 3.61. The molecule has 1 aliphatic heterocycles. The smallest absolute Gasteiger partial charge is 0.260 e. The molecule has 0 aromatic carbocycles. The first-order chi connectivity index (χ1) is 7.59. The maximum absolute atomic E-state index is 11.5. The molecule has 7 heteroatoms. The van der Waals surface area contributed by atoms with Gasteiger partial charge in [0, 0.05) is 12.5 Å². The van der Waals surface area contributed by atoms with Gasteiger partial charge >= 0.3 is 0 Å². The van der Waals surface area contributed by atoms with Crippen molar-refractivity contribution in [1.82, 2.24) is 4.98 Å². The Bertz CT molecular complexity index is 524. The van der Waals surface area contributed by atoms with E-state index in [1.165, 1.54) is 6.20 Å². The van der Waals surface area contributed by atoms with E-state index in [1.807, 2.05) is 0 Å². The van der Waals surface area contributed by atoms with Crippen molar-refractivity contribution < 1.29 is 18.0 Å². The largest absolute Gasteiger partial charge is 0.471 e. The van der Waals surface area contributed by atoms with Crippen LogP contribution in [0.4, 0.5) is 0 Å². The summed E-state index contributed by atoms with van der Waals surface area (Å²) < 4.78 is 28.2. The number of ether oxygens (including phenoxy) is 1. The van der Waals surface area contributed by atoms with Crippen LogP contribution >= 0.6 is 0 Å². The van der Waals surface area contributed by atoms with Crippen LogP contribution in [-0.2, 0) is 19.4 Å². The van der Waals surface area contributed by atoms with Crippen LogP contribution in [0.2, 0.25) is 0 Å². The average molecular weight is 242 g/mol. The second-order valence-corrected chi connectivity index (χ2v) is 5.14. The third-order valence-corrected chi connectivity index (χ3v) is 2.94. The van der Waals surface area contributed by atoms with Crippen LogP contribution in [0.5, 0.6) is 0 Å². The van der Waals surface area contributed by atoms with E-state index in [2.05, 4.69) is 10.1 Å². The third kappa shape index (κ3) is 2.13. The number of pyridine rings is 1. The number of hydrogen-bond donors (Lipinski definition) is 0. The highest BCUT2D eigenvalue weighted by Crippen LogP contribution is 2.15. The second kappa shape index (κ2) is 4.09. The molecule has 6 nitrogen and oxygen atoms in total. The van der Waals surface area contributed by atoms with Gasteiger partial charge in [0.05, 0.1) is 5.56 Å². The van der Waals surface area contributed by atoms with Crippen LogP contribution in [0, 0.1) is 0 Å². The lowest BCUT2D eigenvalue weighted by atomic mass is 10.3. The molecule has 86 valence electrons. The zero-order valence-corrected chi connectivity index (χ0v) is 9.40. The summed E-state index contributed by atoms with van der Waals surface area (Å²) in [7, 11) is -3.41. The van der Waals surface area contributed by atoms with E-state index in [0.29, 0.717) is 18.8 Å². The molecule has 0 saturated heterocycles. The molecule has 1 aromatic heterocycles. The highest BCUT2D eigenvalue weighted by molar-refractivity contribution is 7.90. The number of rotatable bonds is 2. The van der Waals surface area contributed by atoms with E-state index in [4.69, 9.17) is 9.57 Å². The highest BCUT2D eigenvalue weighted by Gasteiger charge is 2.21. The van der Waals surface area contributed by atoms with Gasteiger partial charge in [-0.25, -0.2) is 13.4 Å². The quantitative estimate of drug-likeness (QED) is 0.740. The maximum Gasteiger partial charge on any atom is 0.260 e. The molecule has 0 saturated carbocycles. The van der Waals surface area contributed by atoms with Crippen LogP contribution in [0.25, 0.3) is 0 Å². The van der Waals surface area contributed by atoms with Gasteiger partial charge in [-0.05, 0) is 17.3 Å². The first kappa shape index (κ1) is 10.9. The minimum Gasteiger partial charge on any atom is -0.471 e. The normalized spacial score (nSPS) is 15.9. The molecule has 0 amide bonds. The molecule has 1 aliphatic rings. The Morgan fingerprint density at radius 1 is 1.38 bits per heavy atom. The van der Waals surface area contributed by atoms with Crippen LogP contribution in [0.15, 0.2) is 28.5 Å². The molecule has 0 N–H and O–H groups in total. The molecule has 0 atom stereocenters. The van der Waals surface area contributed by atoms with Gasteiger partial charge in [0.25, 0.3) is 5.90 Å². The van der Waals surface area contributed by atoms with E-state index >= 15 is 0 Å². The number of aromatic nitrogens is 1. The summed E-state index contributed by atoms with van der Waals surface area (Å²) in [6, 6.07) is 3.20. The lowest BCUT2D eigenvalue weighted by molar-refractivity contribution is 0.0653. The Morgan fingerprint density at radius 2 is 2.19 bits per heavy atom. The number of oxime groups is 1. The van der Waals surface area contributed by atoms with E-state index in [-0.39, 0.29) is 10.9 Å². The van der Waals surface area contributed by atoms with Gasteiger partial charge < -0.3 is 9.57 Å². The average Bonchev–Trinajstić information content (AvgIpc) is 2.29. The molecule has 0 fully saturated rings. The Morgan fingerprint density at radius 3 is 2.81 bits per heavy atom. The molecule has 0 bridgehead atoms. The van der Waals surface area contributed by atoms with Crippen molar-refractivity contribution in [2.24, 2.45) is 5.16 Å². The molecular weight excluding hydrogens is 232 g/mol. The summed E-state index contributed by atoms with van der Waals surface area (Å²) in [6.07, 6.45) is 2.49. The van der Waals surface area contributed by atoms with E-state index in [1.54, 1.807) is 12.1 Å². The van der Waals surface area contributed by atoms with Gasteiger partial charge in [-0.15, -0.1) is 0 Å². The summed E-state index contributed by atoms with van der Waals surface area (Å²) >= 11 is 0. The van der Waals surface area contributed by atoms with Crippen molar-refractivity contribution in [2.75, 3.05) is 19.5 Å². The minimum absolute atomic E-state index is 0.0562. The molecule has 0 spiro atoms. The fraction of sp³-hybridized carbons (Fsp3) is 0.333. The predicted octanol–water partition coefficient (Wildman–Crippen LogP) is 0.194. The van der Waals surface area contributed by atoms with Crippen LogP contribution < -0.4 is 0 Å². The monoisotopic (exact) mass is 242 g/mol. The lowest BCUT2D eigenvalue weighted by Gasteiger charge is -2.14. The van der Waals surface area contributed by atoms with E-state index in [0.717, 1.165) is 6.26 Å². The molecule has 0 aliphatic carbocycles. The van der Waals surface area contributed by atoms with Gasteiger partial charge in [-0.2, -0.15) is 0 Å². The second-order valence-electron chi connectivity index (χ2n) is 3.21. The first-order valence-electron chi connectivity index (χ1n) is 4.57.